The fourth-order valence-electron chi connectivity index (χ4n) is 3.49. The van der Waals surface area contributed by atoms with E-state index in [4.69, 9.17) is 0 Å². The van der Waals surface area contributed by atoms with Crippen molar-refractivity contribution in [2.24, 2.45) is 0 Å². The monoisotopic (exact) mass is 355 g/mol. The van der Waals surface area contributed by atoms with Gasteiger partial charge in [-0.25, -0.2) is 4.98 Å². The Morgan fingerprint density at radius 1 is 1.04 bits per heavy atom. The van der Waals surface area contributed by atoms with Gasteiger partial charge in [-0.3, -0.25) is 9.55 Å². The van der Waals surface area contributed by atoms with Crippen molar-refractivity contribution in [3.8, 4) is 12.0 Å². The van der Waals surface area contributed by atoms with E-state index in [1.165, 1.54) is 20.2 Å². The molecule has 126 valence electrons. The van der Waals surface area contributed by atoms with Gasteiger partial charge in [0.2, 0.25) is 0 Å². The summed E-state index contributed by atoms with van der Waals surface area (Å²) in [6.45, 7) is 2.19. The molecule has 0 aliphatic carbocycles. The summed E-state index contributed by atoms with van der Waals surface area (Å²) in [5.41, 5.74) is 2.87. The summed E-state index contributed by atoms with van der Waals surface area (Å²) in [4.78, 5) is 9.23. The van der Waals surface area contributed by atoms with Crippen LogP contribution < -0.4 is 0 Å². The molecule has 0 fully saturated rings. The fraction of sp³-hybridized carbons (Fsp3) is 0.182. The molecule has 0 unspecified atom stereocenters. The van der Waals surface area contributed by atoms with Crippen LogP contribution in [-0.2, 0) is 0 Å². The van der Waals surface area contributed by atoms with E-state index in [2.05, 4.69) is 65.3 Å². The molecule has 0 N–H and O–H groups in total. The summed E-state index contributed by atoms with van der Waals surface area (Å²) in [5.74, 6) is 3.30. The van der Waals surface area contributed by atoms with E-state index in [1.54, 1.807) is 12.4 Å². The van der Waals surface area contributed by atoms with Crippen molar-refractivity contribution in [3.05, 3.63) is 48.8 Å². The van der Waals surface area contributed by atoms with E-state index in [0.29, 0.717) is 0 Å². The number of nitrogens with zero attached hydrogens (tertiary/aromatic N) is 3. The predicted octanol–water partition coefficient (Wildman–Crippen LogP) is 5.95. The maximum atomic E-state index is 4.65. The quantitative estimate of drug-likeness (QED) is 0.289. The first-order chi connectivity index (χ1) is 12.9. The Labute approximate surface area is 155 Å². The minimum absolute atomic E-state index is 0.844. The number of fused-ring (bicyclic) bond motifs is 7. The Kier molecular flexibility index (Phi) is 3.62. The SMILES string of the molecule is CCCCC#Cn1c2ccc3c4ccccc4sc3c2c2nccnc21. The summed E-state index contributed by atoms with van der Waals surface area (Å²) in [6.07, 6.45) is 6.69. The minimum Gasteiger partial charge on any atom is -0.251 e. The molecule has 0 atom stereocenters. The second-order valence-corrected chi connectivity index (χ2v) is 7.44. The van der Waals surface area contributed by atoms with Crippen LogP contribution in [0, 0.1) is 12.0 Å². The molecule has 26 heavy (non-hydrogen) atoms. The van der Waals surface area contributed by atoms with Crippen molar-refractivity contribution in [1.82, 2.24) is 14.5 Å². The average Bonchev–Trinajstić information content (AvgIpc) is 3.21. The summed E-state index contributed by atoms with van der Waals surface area (Å²) in [5, 5.41) is 3.74. The fourth-order valence-corrected chi connectivity index (χ4v) is 4.74. The van der Waals surface area contributed by atoms with Crippen LogP contribution in [0.4, 0.5) is 0 Å². The second kappa shape index (κ2) is 6.12. The first kappa shape index (κ1) is 15.4. The molecule has 0 aliphatic rings. The van der Waals surface area contributed by atoms with Gasteiger partial charge in [-0.15, -0.1) is 11.3 Å². The molecule has 5 aromatic rings. The maximum absolute atomic E-state index is 4.65. The summed E-state index contributed by atoms with van der Waals surface area (Å²) >= 11 is 1.82. The van der Waals surface area contributed by atoms with Gasteiger partial charge in [-0.1, -0.05) is 43.5 Å². The Bertz CT molecular complexity index is 1330. The highest BCUT2D eigenvalue weighted by Crippen LogP contribution is 2.40. The van der Waals surface area contributed by atoms with Crippen LogP contribution >= 0.6 is 11.3 Å². The van der Waals surface area contributed by atoms with E-state index >= 15 is 0 Å². The minimum atomic E-state index is 0.844. The number of aromatic nitrogens is 3. The molecule has 0 spiro atoms. The second-order valence-electron chi connectivity index (χ2n) is 6.39. The van der Waals surface area contributed by atoms with Crippen LogP contribution in [0.25, 0.3) is 42.2 Å². The van der Waals surface area contributed by atoms with E-state index in [1.807, 2.05) is 15.9 Å². The number of thiophene rings is 1. The third-order valence-corrected chi connectivity index (χ3v) is 5.94. The molecule has 3 aromatic heterocycles. The number of benzene rings is 2. The zero-order chi connectivity index (χ0) is 17.5. The summed E-state index contributed by atoms with van der Waals surface area (Å²) in [7, 11) is 0. The molecule has 0 aliphatic heterocycles. The van der Waals surface area contributed by atoms with Gasteiger partial charge in [-0.2, -0.15) is 0 Å². The average molecular weight is 355 g/mol. The Hall–Kier alpha value is -2.90. The van der Waals surface area contributed by atoms with Crippen LogP contribution in [-0.4, -0.2) is 14.5 Å². The number of hydrogen-bond donors (Lipinski definition) is 0. The highest BCUT2D eigenvalue weighted by atomic mass is 32.1. The van der Waals surface area contributed by atoms with E-state index in [0.717, 1.165) is 41.3 Å². The number of rotatable bonds is 2. The van der Waals surface area contributed by atoms with Gasteiger partial charge in [0.1, 0.15) is 5.52 Å². The van der Waals surface area contributed by atoms with Crippen molar-refractivity contribution in [2.45, 2.75) is 26.2 Å². The van der Waals surface area contributed by atoms with Crippen LogP contribution in [0.2, 0.25) is 0 Å². The van der Waals surface area contributed by atoms with Gasteiger partial charge in [-0.05, 0) is 18.6 Å². The summed E-state index contributed by atoms with van der Waals surface area (Å²) in [6, 6.07) is 16.2. The smallest absolute Gasteiger partial charge is 0.171 e. The zero-order valence-corrected chi connectivity index (χ0v) is 15.3. The normalized spacial score (nSPS) is 11.4. The third kappa shape index (κ3) is 2.21. The molecular weight excluding hydrogens is 338 g/mol. The third-order valence-electron chi connectivity index (χ3n) is 4.74. The standard InChI is InChI=1S/C22H17N3S/c1-2-3-4-7-14-25-17-11-10-16-15-8-5-6-9-18(15)26-21(16)19(17)20-22(25)24-13-12-23-20/h5-6,8-13H,2-4H2,1H3. The molecular formula is C22H17N3S. The first-order valence-corrected chi connectivity index (χ1v) is 9.74. The molecule has 0 radical (unpaired) electrons. The molecule has 3 nitrogen and oxygen atoms in total. The van der Waals surface area contributed by atoms with Crippen molar-refractivity contribution in [1.29, 1.82) is 0 Å². The molecule has 4 heteroatoms. The van der Waals surface area contributed by atoms with E-state index in [9.17, 15) is 0 Å². The maximum Gasteiger partial charge on any atom is 0.171 e. The van der Waals surface area contributed by atoms with Crippen LogP contribution in [0.3, 0.4) is 0 Å². The molecule has 0 amide bonds. The molecule has 0 saturated heterocycles. The van der Waals surface area contributed by atoms with Crippen LogP contribution in [0.5, 0.6) is 0 Å². The van der Waals surface area contributed by atoms with Crippen LogP contribution in [0.15, 0.2) is 48.8 Å². The van der Waals surface area contributed by atoms with Crippen LogP contribution in [0.1, 0.15) is 26.2 Å². The Balaban J connectivity index is 1.90. The highest BCUT2D eigenvalue weighted by molar-refractivity contribution is 7.26. The number of hydrogen-bond acceptors (Lipinski definition) is 3. The largest absolute Gasteiger partial charge is 0.251 e. The van der Waals surface area contributed by atoms with Gasteiger partial charge in [0, 0.05) is 50.4 Å². The lowest BCUT2D eigenvalue weighted by atomic mass is 10.1. The lowest BCUT2D eigenvalue weighted by Gasteiger charge is -1.97. The molecule has 2 aromatic carbocycles. The Morgan fingerprint density at radius 3 is 2.85 bits per heavy atom. The first-order valence-electron chi connectivity index (χ1n) is 8.92. The number of unbranched alkanes of at least 4 members (excludes halogenated alkanes) is 2. The summed E-state index contributed by atoms with van der Waals surface area (Å²) < 4.78 is 4.58. The topological polar surface area (TPSA) is 30.7 Å². The van der Waals surface area contributed by atoms with Crippen molar-refractivity contribution < 1.29 is 0 Å². The van der Waals surface area contributed by atoms with Gasteiger partial charge >= 0.3 is 0 Å². The zero-order valence-electron chi connectivity index (χ0n) is 14.5. The van der Waals surface area contributed by atoms with Gasteiger partial charge in [0.05, 0.1) is 5.52 Å². The van der Waals surface area contributed by atoms with Gasteiger partial charge in [0.15, 0.2) is 5.65 Å². The van der Waals surface area contributed by atoms with Crippen molar-refractivity contribution >= 4 is 53.6 Å². The highest BCUT2D eigenvalue weighted by Gasteiger charge is 2.17. The van der Waals surface area contributed by atoms with Gasteiger partial charge in [0.25, 0.3) is 0 Å². The molecule has 0 bridgehead atoms. The van der Waals surface area contributed by atoms with E-state index < -0.39 is 0 Å². The van der Waals surface area contributed by atoms with E-state index in [-0.39, 0.29) is 0 Å². The lowest BCUT2D eigenvalue weighted by Crippen LogP contribution is -1.90. The van der Waals surface area contributed by atoms with Crippen molar-refractivity contribution in [3.63, 3.8) is 0 Å². The lowest BCUT2D eigenvalue weighted by molar-refractivity contribution is 0.827. The molecule has 5 rings (SSSR count). The van der Waals surface area contributed by atoms with Gasteiger partial charge < -0.3 is 0 Å². The predicted molar refractivity (Wildman–Crippen MR) is 111 cm³/mol. The van der Waals surface area contributed by atoms with Crippen molar-refractivity contribution in [2.75, 3.05) is 0 Å². The molecule has 0 saturated carbocycles. The Morgan fingerprint density at radius 2 is 1.92 bits per heavy atom. The molecule has 3 heterocycles.